The Morgan fingerprint density at radius 1 is 1.64 bits per heavy atom. The zero-order valence-corrected chi connectivity index (χ0v) is 7.28. The zero-order chi connectivity index (χ0) is 8.27. The van der Waals surface area contributed by atoms with Gasteiger partial charge in [0.05, 0.1) is 0 Å². The number of hydrogen-bond acceptors (Lipinski definition) is 2. The summed E-state index contributed by atoms with van der Waals surface area (Å²) in [5.74, 6) is 0.626. The summed E-state index contributed by atoms with van der Waals surface area (Å²) in [5, 5.41) is 7.91. The van der Waals surface area contributed by atoms with E-state index in [2.05, 4.69) is 24.2 Å². The molecule has 0 aromatic carbocycles. The summed E-state index contributed by atoms with van der Waals surface area (Å²) in [6.45, 7) is 7.23. The molecule has 0 spiro atoms. The fourth-order valence-electron chi connectivity index (χ4n) is 0.909. The van der Waals surface area contributed by atoms with E-state index in [0.717, 1.165) is 12.1 Å². The van der Waals surface area contributed by atoms with Gasteiger partial charge in [-0.3, -0.25) is 4.68 Å². The van der Waals surface area contributed by atoms with Crippen LogP contribution in [0.4, 0.5) is 0 Å². The summed E-state index contributed by atoms with van der Waals surface area (Å²) in [6, 6.07) is 0. The molecule has 1 aromatic rings. The minimum Gasteiger partial charge on any atom is -0.253 e. The molecule has 0 N–H and O–H groups in total. The maximum absolute atomic E-state index is 3.96. The third-order valence-electron chi connectivity index (χ3n) is 1.40. The van der Waals surface area contributed by atoms with Crippen molar-refractivity contribution >= 4 is 12.9 Å². The summed E-state index contributed by atoms with van der Waals surface area (Å²) in [5.41, 5.74) is 0.950. The Balaban J connectivity index is 2.58. The van der Waals surface area contributed by atoms with E-state index in [1.165, 1.54) is 0 Å². The number of hydrogen-bond donors (Lipinski definition) is 0. The van der Waals surface area contributed by atoms with Crippen molar-refractivity contribution in [1.29, 1.82) is 0 Å². The molecular weight excluding hydrogens is 137 g/mol. The van der Waals surface area contributed by atoms with E-state index in [0.29, 0.717) is 5.92 Å². The topological polar surface area (TPSA) is 30.7 Å². The van der Waals surface area contributed by atoms with Gasteiger partial charge in [-0.2, -0.15) is 0 Å². The Kier molecular flexibility index (Phi) is 2.68. The monoisotopic (exact) mass is 150 g/mol. The van der Waals surface area contributed by atoms with Gasteiger partial charge in [0.2, 0.25) is 0 Å². The Morgan fingerprint density at radius 2 is 2.36 bits per heavy atom. The minimum atomic E-state index is 0.626. The SMILES string of the molecule is C[B]c1cn(CC(C)C)nn1. The van der Waals surface area contributed by atoms with Gasteiger partial charge in [0.1, 0.15) is 0 Å². The van der Waals surface area contributed by atoms with E-state index in [1.807, 2.05) is 25.0 Å². The van der Waals surface area contributed by atoms with E-state index in [4.69, 9.17) is 0 Å². The minimum absolute atomic E-state index is 0.626. The molecular formula is C7H13BN3. The molecule has 0 aliphatic carbocycles. The van der Waals surface area contributed by atoms with E-state index in [9.17, 15) is 0 Å². The number of nitrogens with zero attached hydrogens (tertiary/aromatic N) is 3. The summed E-state index contributed by atoms with van der Waals surface area (Å²) in [4.78, 5) is 0. The largest absolute Gasteiger partial charge is 0.253 e. The van der Waals surface area contributed by atoms with Crippen molar-refractivity contribution < 1.29 is 0 Å². The molecule has 0 aliphatic heterocycles. The first-order valence-electron chi connectivity index (χ1n) is 3.92. The molecule has 1 heterocycles. The predicted octanol–water partition coefficient (Wildman–Crippen LogP) is 0.312. The molecule has 0 saturated heterocycles. The molecule has 1 aromatic heterocycles. The van der Waals surface area contributed by atoms with Crippen LogP contribution in [0.15, 0.2) is 6.20 Å². The van der Waals surface area contributed by atoms with Gasteiger partial charge in [-0.15, -0.1) is 5.10 Å². The summed E-state index contributed by atoms with van der Waals surface area (Å²) < 4.78 is 1.88. The van der Waals surface area contributed by atoms with Crippen LogP contribution in [0.1, 0.15) is 13.8 Å². The van der Waals surface area contributed by atoms with Gasteiger partial charge in [-0.05, 0) is 5.92 Å². The van der Waals surface area contributed by atoms with Crippen molar-refractivity contribution in [3.05, 3.63) is 6.20 Å². The van der Waals surface area contributed by atoms with Gasteiger partial charge >= 0.3 is 0 Å². The highest BCUT2D eigenvalue weighted by Crippen LogP contribution is 1.94. The van der Waals surface area contributed by atoms with Crippen molar-refractivity contribution in [3.8, 4) is 0 Å². The van der Waals surface area contributed by atoms with Crippen molar-refractivity contribution in [1.82, 2.24) is 15.0 Å². The van der Waals surface area contributed by atoms with Gasteiger partial charge in [0, 0.05) is 18.3 Å². The van der Waals surface area contributed by atoms with Gasteiger partial charge < -0.3 is 0 Å². The molecule has 3 nitrogen and oxygen atoms in total. The quantitative estimate of drug-likeness (QED) is 0.580. The highest BCUT2D eigenvalue weighted by Gasteiger charge is 1.99. The van der Waals surface area contributed by atoms with Gasteiger partial charge in [-0.1, -0.05) is 25.9 Å². The molecule has 59 valence electrons. The van der Waals surface area contributed by atoms with Crippen LogP contribution in [0.2, 0.25) is 6.82 Å². The number of rotatable bonds is 3. The van der Waals surface area contributed by atoms with Gasteiger partial charge in [0.25, 0.3) is 0 Å². The van der Waals surface area contributed by atoms with Crippen LogP contribution in [0, 0.1) is 5.92 Å². The van der Waals surface area contributed by atoms with Crippen molar-refractivity contribution in [2.24, 2.45) is 5.92 Å². The summed E-state index contributed by atoms with van der Waals surface area (Å²) in [6.07, 6.45) is 1.96. The molecule has 1 rings (SSSR count). The number of aromatic nitrogens is 3. The lowest BCUT2D eigenvalue weighted by Crippen LogP contribution is -2.11. The Morgan fingerprint density at radius 3 is 2.82 bits per heavy atom. The zero-order valence-electron chi connectivity index (χ0n) is 7.28. The third kappa shape index (κ3) is 2.37. The average Bonchev–Trinajstić information content (AvgIpc) is 2.34. The van der Waals surface area contributed by atoms with Crippen LogP contribution in [0.25, 0.3) is 0 Å². The maximum Gasteiger partial charge on any atom is 0.179 e. The predicted molar refractivity (Wildman–Crippen MR) is 46.1 cm³/mol. The first kappa shape index (κ1) is 8.30. The molecule has 1 radical (unpaired) electrons. The van der Waals surface area contributed by atoms with E-state index >= 15 is 0 Å². The average molecular weight is 150 g/mol. The molecule has 0 unspecified atom stereocenters. The fraction of sp³-hybridized carbons (Fsp3) is 0.714. The Labute approximate surface area is 68.0 Å². The normalized spacial score (nSPS) is 10.5. The molecule has 0 fully saturated rings. The maximum atomic E-state index is 3.96. The standard InChI is InChI=1S/C7H13BN3/c1-6(2)4-11-5-7(8-3)9-10-11/h5-6H,4H2,1-3H3. The second kappa shape index (κ2) is 3.55. The molecule has 0 saturated carbocycles. The Bertz CT molecular complexity index is 219. The van der Waals surface area contributed by atoms with Crippen molar-refractivity contribution in [2.45, 2.75) is 27.2 Å². The Hall–Kier alpha value is -0.795. The first-order chi connectivity index (χ1) is 5.22. The van der Waals surface area contributed by atoms with Gasteiger partial charge in [0.15, 0.2) is 7.28 Å². The summed E-state index contributed by atoms with van der Waals surface area (Å²) in [7, 11) is 1.95. The van der Waals surface area contributed by atoms with Crippen LogP contribution in [0.5, 0.6) is 0 Å². The highest BCUT2D eigenvalue weighted by molar-refractivity contribution is 6.50. The fourth-order valence-corrected chi connectivity index (χ4v) is 0.909. The lowest BCUT2D eigenvalue weighted by Gasteiger charge is -2.01. The van der Waals surface area contributed by atoms with E-state index in [-0.39, 0.29) is 0 Å². The highest BCUT2D eigenvalue weighted by atomic mass is 15.4. The van der Waals surface area contributed by atoms with Crippen LogP contribution in [-0.2, 0) is 6.54 Å². The smallest absolute Gasteiger partial charge is 0.179 e. The second-order valence-electron chi connectivity index (χ2n) is 3.05. The molecule has 0 amide bonds. The van der Waals surface area contributed by atoms with E-state index < -0.39 is 0 Å². The lowest BCUT2D eigenvalue weighted by atomic mass is 9.79. The lowest BCUT2D eigenvalue weighted by molar-refractivity contribution is 0.472. The van der Waals surface area contributed by atoms with Crippen molar-refractivity contribution in [3.63, 3.8) is 0 Å². The van der Waals surface area contributed by atoms with E-state index in [1.54, 1.807) is 0 Å². The van der Waals surface area contributed by atoms with Crippen LogP contribution in [0.3, 0.4) is 0 Å². The van der Waals surface area contributed by atoms with Crippen molar-refractivity contribution in [2.75, 3.05) is 0 Å². The molecule has 0 bridgehead atoms. The second-order valence-corrected chi connectivity index (χ2v) is 3.05. The van der Waals surface area contributed by atoms with Crippen LogP contribution in [-0.4, -0.2) is 22.3 Å². The van der Waals surface area contributed by atoms with Gasteiger partial charge in [-0.25, -0.2) is 0 Å². The first-order valence-corrected chi connectivity index (χ1v) is 3.92. The molecule has 11 heavy (non-hydrogen) atoms. The molecule has 4 heteroatoms. The molecule has 0 aliphatic rings. The summed E-state index contributed by atoms with van der Waals surface area (Å²) >= 11 is 0. The van der Waals surface area contributed by atoms with Crippen LogP contribution >= 0.6 is 0 Å². The van der Waals surface area contributed by atoms with Crippen LogP contribution < -0.4 is 5.59 Å². The third-order valence-corrected chi connectivity index (χ3v) is 1.40. The molecule has 0 atom stereocenters.